The Morgan fingerprint density at radius 2 is 2.06 bits per heavy atom. The highest BCUT2D eigenvalue weighted by atomic mass is 32.2. The largest absolute Gasteiger partial charge is 0.417 e. The van der Waals surface area contributed by atoms with Crippen molar-refractivity contribution in [2.45, 2.75) is 24.4 Å². The molecular weight excluding hydrogens is 439 g/mol. The van der Waals surface area contributed by atoms with Crippen LogP contribution in [0.2, 0.25) is 0 Å². The lowest BCUT2D eigenvalue weighted by atomic mass is 10.1. The average molecular weight is 455 g/mol. The van der Waals surface area contributed by atoms with E-state index in [0.717, 1.165) is 12.3 Å². The van der Waals surface area contributed by atoms with E-state index in [4.69, 9.17) is 5.26 Å². The molecule has 3 aromatic rings. The lowest BCUT2D eigenvalue weighted by molar-refractivity contribution is -0.137. The van der Waals surface area contributed by atoms with Gasteiger partial charge >= 0.3 is 6.18 Å². The van der Waals surface area contributed by atoms with Gasteiger partial charge in [-0.15, -0.1) is 11.8 Å². The van der Waals surface area contributed by atoms with Crippen LogP contribution in [0, 0.1) is 11.3 Å². The van der Waals surface area contributed by atoms with E-state index in [0.29, 0.717) is 34.0 Å². The number of rotatable bonds is 4. The summed E-state index contributed by atoms with van der Waals surface area (Å²) in [7, 11) is 0. The van der Waals surface area contributed by atoms with Crippen LogP contribution in [0.5, 0.6) is 0 Å². The van der Waals surface area contributed by atoms with Gasteiger partial charge in [0.05, 0.1) is 22.6 Å². The first-order valence-corrected chi connectivity index (χ1v) is 10.7. The van der Waals surface area contributed by atoms with Gasteiger partial charge in [0, 0.05) is 35.8 Å². The zero-order valence-electron chi connectivity index (χ0n) is 16.8. The molecule has 0 saturated heterocycles. The maximum absolute atomic E-state index is 13.3. The van der Waals surface area contributed by atoms with Crippen LogP contribution in [0.4, 0.5) is 18.9 Å². The van der Waals surface area contributed by atoms with Gasteiger partial charge in [0.15, 0.2) is 0 Å². The minimum absolute atomic E-state index is 0.155. The predicted octanol–water partition coefficient (Wildman–Crippen LogP) is 4.74. The number of hydrogen-bond donors (Lipinski definition) is 0. The summed E-state index contributed by atoms with van der Waals surface area (Å²) in [5.74, 6) is 0.180. The SMILES string of the molecule is CCSc1cc(-c2cccc(C#N)n2)cnc1C(=O)N1CCc2ncc(C(F)(F)F)cc21. The van der Waals surface area contributed by atoms with Gasteiger partial charge in [0.1, 0.15) is 17.5 Å². The number of alkyl halides is 3. The van der Waals surface area contributed by atoms with Crippen molar-refractivity contribution in [3.8, 4) is 17.3 Å². The number of amides is 1. The van der Waals surface area contributed by atoms with Crippen LogP contribution in [0.3, 0.4) is 0 Å². The van der Waals surface area contributed by atoms with Crippen LogP contribution in [-0.2, 0) is 12.6 Å². The topological polar surface area (TPSA) is 82.8 Å². The maximum atomic E-state index is 13.3. The molecule has 1 amide bonds. The van der Waals surface area contributed by atoms with Gasteiger partial charge in [-0.2, -0.15) is 18.4 Å². The molecule has 0 spiro atoms. The fraction of sp³-hybridized carbons (Fsp3) is 0.227. The Kier molecular flexibility index (Phi) is 5.84. The second kappa shape index (κ2) is 8.59. The zero-order chi connectivity index (χ0) is 22.9. The highest BCUT2D eigenvalue weighted by Gasteiger charge is 2.35. The van der Waals surface area contributed by atoms with Crippen LogP contribution in [0.1, 0.15) is 34.4 Å². The number of nitriles is 1. The van der Waals surface area contributed by atoms with Gasteiger partial charge in [-0.1, -0.05) is 13.0 Å². The Hall–Kier alpha value is -3.45. The Morgan fingerprint density at radius 1 is 1.25 bits per heavy atom. The number of anilines is 1. The smallest absolute Gasteiger partial charge is 0.305 e. The molecule has 0 aliphatic carbocycles. The van der Waals surface area contributed by atoms with Crippen molar-refractivity contribution >= 4 is 23.4 Å². The molecule has 0 N–H and O–H groups in total. The average Bonchev–Trinajstić information content (AvgIpc) is 3.21. The number of nitrogens with zero attached hydrogens (tertiary/aromatic N) is 5. The van der Waals surface area contributed by atoms with Gasteiger partial charge in [-0.3, -0.25) is 9.78 Å². The molecule has 0 radical (unpaired) electrons. The van der Waals surface area contributed by atoms with E-state index in [1.807, 2.05) is 13.0 Å². The monoisotopic (exact) mass is 455 g/mol. The summed E-state index contributed by atoms with van der Waals surface area (Å²) in [6.07, 6.45) is -1.90. The van der Waals surface area contributed by atoms with Gasteiger partial charge in [0.2, 0.25) is 0 Å². The molecule has 0 fully saturated rings. The quantitative estimate of drug-likeness (QED) is 0.529. The van der Waals surface area contributed by atoms with Crippen LogP contribution in [0.15, 0.2) is 47.6 Å². The van der Waals surface area contributed by atoms with E-state index >= 15 is 0 Å². The Balaban J connectivity index is 1.72. The predicted molar refractivity (Wildman–Crippen MR) is 113 cm³/mol. The van der Waals surface area contributed by atoms with E-state index in [-0.39, 0.29) is 23.6 Å². The number of halogens is 3. The van der Waals surface area contributed by atoms with E-state index in [9.17, 15) is 18.0 Å². The van der Waals surface area contributed by atoms with Gasteiger partial charge in [-0.25, -0.2) is 9.97 Å². The van der Waals surface area contributed by atoms with E-state index in [1.165, 1.54) is 22.9 Å². The molecule has 10 heteroatoms. The van der Waals surface area contributed by atoms with E-state index < -0.39 is 17.6 Å². The molecule has 0 saturated carbocycles. The van der Waals surface area contributed by atoms with Crippen LogP contribution in [0.25, 0.3) is 11.3 Å². The lowest BCUT2D eigenvalue weighted by Gasteiger charge is -2.19. The third-order valence-electron chi connectivity index (χ3n) is 4.90. The van der Waals surface area contributed by atoms with E-state index in [1.54, 1.807) is 24.3 Å². The van der Waals surface area contributed by atoms with Crippen molar-refractivity contribution in [1.29, 1.82) is 5.26 Å². The standard InChI is InChI=1S/C22H16F3N5OS/c1-2-32-19-8-13(16-5-3-4-15(10-26)29-16)11-28-20(19)21(31)30-7-6-17-18(30)9-14(12-27-17)22(23,24)25/h3-5,8-9,11-12H,2,6-7H2,1H3. The van der Waals surface area contributed by atoms with Crippen molar-refractivity contribution in [3.63, 3.8) is 0 Å². The molecule has 4 heterocycles. The highest BCUT2D eigenvalue weighted by molar-refractivity contribution is 7.99. The number of carbonyl (C=O) groups excluding carboxylic acids is 1. The number of fused-ring (bicyclic) bond motifs is 1. The summed E-state index contributed by atoms with van der Waals surface area (Å²) in [4.78, 5) is 27.7. The maximum Gasteiger partial charge on any atom is 0.417 e. The first-order chi connectivity index (χ1) is 15.3. The van der Waals surface area contributed by atoms with Gasteiger partial charge < -0.3 is 4.90 Å². The van der Waals surface area contributed by atoms with Crippen molar-refractivity contribution in [1.82, 2.24) is 15.0 Å². The molecule has 0 aromatic carbocycles. The third-order valence-corrected chi connectivity index (χ3v) is 5.81. The third kappa shape index (κ3) is 4.16. The number of aromatic nitrogens is 3. The second-order valence-corrected chi connectivity index (χ2v) is 8.22. The molecule has 32 heavy (non-hydrogen) atoms. The normalized spacial score (nSPS) is 13.0. The number of hydrogen-bond acceptors (Lipinski definition) is 6. The molecule has 3 aromatic heterocycles. The molecule has 1 aliphatic heterocycles. The van der Waals surface area contributed by atoms with Crippen LogP contribution in [-0.4, -0.2) is 33.2 Å². The summed E-state index contributed by atoms with van der Waals surface area (Å²) >= 11 is 1.40. The van der Waals surface area contributed by atoms with Crippen molar-refractivity contribution in [2.24, 2.45) is 0 Å². The Labute approximate surface area is 186 Å². The minimum Gasteiger partial charge on any atom is -0.305 e. The Bertz CT molecular complexity index is 1240. The fourth-order valence-electron chi connectivity index (χ4n) is 3.41. The number of pyridine rings is 3. The first kappa shape index (κ1) is 21.8. The highest BCUT2D eigenvalue weighted by Crippen LogP contribution is 2.36. The second-order valence-electron chi connectivity index (χ2n) is 6.92. The Morgan fingerprint density at radius 3 is 2.78 bits per heavy atom. The molecule has 0 bridgehead atoms. The summed E-state index contributed by atoms with van der Waals surface area (Å²) in [6.45, 7) is 2.15. The molecule has 4 rings (SSSR count). The number of carbonyl (C=O) groups is 1. The molecule has 0 atom stereocenters. The summed E-state index contributed by atoms with van der Waals surface area (Å²) in [6, 6.07) is 9.74. The summed E-state index contributed by atoms with van der Waals surface area (Å²) < 4.78 is 39.4. The molecule has 6 nitrogen and oxygen atoms in total. The summed E-state index contributed by atoms with van der Waals surface area (Å²) in [5, 5.41) is 9.08. The molecule has 0 unspecified atom stereocenters. The minimum atomic E-state index is -4.55. The van der Waals surface area contributed by atoms with Crippen molar-refractivity contribution in [3.05, 3.63) is 65.4 Å². The lowest BCUT2D eigenvalue weighted by Crippen LogP contribution is -2.30. The van der Waals surface area contributed by atoms with Gasteiger partial charge in [0.25, 0.3) is 5.91 Å². The summed E-state index contributed by atoms with van der Waals surface area (Å²) in [5.41, 5.74) is 1.30. The molecule has 1 aliphatic rings. The molecule has 162 valence electrons. The first-order valence-electron chi connectivity index (χ1n) is 9.70. The van der Waals surface area contributed by atoms with Crippen molar-refractivity contribution < 1.29 is 18.0 Å². The zero-order valence-corrected chi connectivity index (χ0v) is 17.7. The molecular formula is C22H16F3N5OS. The van der Waals surface area contributed by atoms with Crippen LogP contribution < -0.4 is 4.90 Å². The number of thioether (sulfide) groups is 1. The van der Waals surface area contributed by atoms with Gasteiger partial charge in [-0.05, 0) is 30.0 Å². The van der Waals surface area contributed by atoms with E-state index in [2.05, 4.69) is 15.0 Å². The van der Waals surface area contributed by atoms with Crippen LogP contribution >= 0.6 is 11.8 Å². The van der Waals surface area contributed by atoms with Crippen molar-refractivity contribution in [2.75, 3.05) is 17.2 Å². The fourth-order valence-corrected chi connectivity index (χ4v) is 4.21.